The molecular formula is C29H38N4O6. The molecule has 0 aromatic heterocycles. The molecule has 1 heterocycles. The van der Waals surface area contributed by atoms with E-state index in [-0.39, 0.29) is 24.6 Å². The van der Waals surface area contributed by atoms with Crippen LogP contribution in [0.4, 0.5) is 0 Å². The van der Waals surface area contributed by atoms with Gasteiger partial charge < -0.3 is 35.8 Å². The van der Waals surface area contributed by atoms with E-state index in [2.05, 4.69) is 16.0 Å². The largest absolute Gasteiger partial charge is 0.508 e. The minimum atomic E-state index is -1.18. The number of amides is 3. The number of likely N-dealkylation sites (N-methyl/N-ethyl adjacent to an activating group) is 1. The summed E-state index contributed by atoms with van der Waals surface area (Å²) in [4.78, 5) is 41.0. The number of hydrogen-bond acceptors (Lipinski definition) is 7. The molecule has 0 saturated heterocycles. The van der Waals surface area contributed by atoms with Gasteiger partial charge in [0.25, 0.3) is 0 Å². The lowest BCUT2D eigenvalue weighted by Gasteiger charge is -2.31. The lowest BCUT2D eigenvalue weighted by molar-refractivity contribution is -0.143. The van der Waals surface area contributed by atoms with Crippen LogP contribution < -0.4 is 20.7 Å². The van der Waals surface area contributed by atoms with Crippen molar-refractivity contribution in [3.8, 4) is 11.5 Å². The third kappa shape index (κ3) is 8.56. The fraction of sp³-hybridized carbons (Fsp3) is 0.414. The zero-order valence-corrected chi connectivity index (χ0v) is 22.4. The molecule has 1 aliphatic rings. The van der Waals surface area contributed by atoms with Crippen LogP contribution in [0.5, 0.6) is 11.5 Å². The summed E-state index contributed by atoms with van der Waals surface area (Å²) in [6.07, 6.45) is 5.06. The van der Waals surface area contributed by atoms with Gasteiger partial charge in [0.2, 0.25) is 17.7 Å². The van der Waals surface area contributed by atoms with Crippen LogP contribution in [0.3, 0.4) is 0 Å². The number of rotatable bonds is 5. The number of aliphatic hydroxyl groups excluding tert-OH is 1. The van der Waals surface area contributed by atoms with E-state index < -0.39 is 36.5 Å². The van der Waals surface area contributed by atoms with E-state index in [0.29, 0.717) is 30.9 Å². The highest BCUT2D eigenvalue weighted by Crippen LogP contribution is 2.19. The summed E-state index contributed by atoms with van der Waals surface area (Å²) in [5, 5.41) is 28.4. The lowest BCUT2D eigenvalue weighted by atomic mass is 10.0. The van der Waals surface area contributed by atoms with Crippen LogP contribution in [0, 0.1) is 0 Å². The van der Waals surface area contributed by atoms with Gasteiger partial charge in [-0.25, -0.2) is 0 Å². The maximum atomic E-state index is 13.3. The molecule has 10 nitrogen and oxygen atoms in total. The molecule has 10 heteroatoms. The van der Waals surface area contributed by atoms with Crippen LogP contribution in [0.2, 0.25) is 0 Å². The van der Waals surface area contributed by atoms with Gasteiger partial charge in [0.1, 0.15) is 30.2 Å². The summed E-state index contributed by atoms with van der Waals surface area (Å²) in [5.74, 6) is -0.646. The third-order valence-electron chi connectivity index (χ3n) is 6.54. The third-order valence-corrected chi connectivity index (χ3v) is 6.54. The Kier molecular flexibility index (Phi) is 11.3. The molecule has 1 unspecified atom stereocenters. The number of para-hydroxylation sites is 1. The van der Waals surface area contributed by atoms with Crippen LogP contribution in [0.15, 0.2) is 54.6 Å². The molecular weight excluding hydrogens is 500 g/mol. The molecule has 2 aromatic rings. The zero-order chi connectivity index (χ0) is 28.2. The summed E-state index contributed by atoms with van der Waals surface area (Å²) in [6.45, 7) is 2.28. The number of phenols is 1. The Morgan fingerprint density at radius 2 is 1.77 bits per heavy atom. The molecule has 3 amide bonds. The monoisotopic (exact) mass is 538 g/mol. The Morgan fingerprint density at radius 1 is 1.03 bits per heavy atom. The van der Waals surface area contributed by atoms with Crippen molar-refractivity contribution in [1.29, 1.82) is 0 Å². The number of benzene rings is 2. The van der Waals surface area contributed by atoms with E-state index in [1.165, 1.54) is 24.1 Å². The first-order valence-electron chi connectivity index (χ1n) is 13.2. The Labute approximate surface area is 229 Å². The summed E-state index contributed by atoms with van der Waals surface area (Å²) in [5.41, 5.74) is 1.56. The number of phenolic OH excluding ortho intramolecular Hbond substituents is 1. The van der Waals surface area contributed by atoms with Gasteiger partial charge in [-0.1, -0.05) is 55.8 Å². The first-order valence-corrected chi connectivity index (χ1v) is 13.2. The standard InChI is InChI=1S/C29H38N4O6/c1-3-7-23-29(38)33(2)25(19-34)28(37)32-24(18-20-11-13-22(35)14-12-20)27(36)31-15-6-9-21-8-4-5-10-26(21)39-17-16-30-23/h4-6,8-14,23-25,30,34-35H,3,7,15-19H2,1-2H3,(H,31,36)(H,32,37)/b9-6+/t23?,24-,25+/m1/s1. The molecule has 1 aliphatic heterocycles. The molecule has 0 radical (unpaired) electrons. The first-order chi connectivity index (χ1) is 18.8. The van der Waals surface area contributed by atoms with E-state index in [1.54, 1.807) is 18.2 Å². The Morgan fingerprint density at radius 3 is 2.49 bits per heavy atom. The number of hydrogen-bond donors (Lipinski definition) is 5. The van der Waals surface area contributed by atoms with Gasteiger partial charge in [-0.3, -0.25) is 14.4 Å². The van der Waals surface area contributed by atoms with Gasteiger partial charge in [0.05, 0.1) is 12.6 Å². The predicted molar refractivity (Wildman–Crippen MR) is 148 cm³/mol. The average molecular weight is 539 g/mol. The van der Waals surface area contributed by atoms with E-state index in [9.17, 15) is 24.6 Å². The number of aromatic hydroxyl groups is 1. The van der Waals surface area contributed by atoms with E-state index in [4.69, 9.17) is 4.74 Å². The second-order valence-electron chi connectivity index (χ2n) is 9.41. The van der Waals surface area contributed by atoms with Crippen LogP contribution in [-0.2, 0) is 20.8 Å². The smallest absolute Gasteiger partial charge is 0.245 e. The summed E-state index contributed by atoms with van der Waals surface area (Å²) >= 11 is 0. The number of ether oxygens (including phenoxy) is 1. The van der Waals surface area contributed by atoms with Gasteiger partial charge in [0.15, 0.2) is 0 Å². The van der Waals surface area contributed by atoms with E-state index >= 15 is 0 Å². The number of carbonyl (C=O) groups is 3. The zero-order valence-electron chi connectivity index (χ0n) is 22.4. The fourth-order valence-corrected chi connectivity index (χ4v) is 4.34. The van der Waals surface area contributed by atoms with Crippen molar-refractivity contribution in [3.05, 3.63) is 65.7 Å². The SMILES string of the molecule is CCCC1NCCOc2ccccc2/C=C/CNC(=O)[C@@H](Cc2ccc(O)cc2)NC(=O)[C@H](CO)N(C)C1=O. The summed E-state index contributed by atoms with van der Waals surface area (Å²) < 4.78 is 5.95. The molecule has 210 valence electrons. The van der Waals surface area contributed by atoms with Crippen molar-refractivity contribution in [2.45, 2.75) is 44.3 Å². The Bertz CT molecular complexity index is 1140. The van der Waals surface area contributed by atoms with E-state index in [1.807, 2.05) is 37.3 Å². The Hall–Kier alpha value is -3.89. The van der Waals surface area contributed by atoms with Crippen molar-refractivity contribution < 1.29 is 29.3 Å². The van der Waals surface area contributed by atoms with Gasteiger partial charge in [-0.2, -0.15) is 0 Å². The van der Waals surface area contributed by atoms with Gasteiger partial charge in [0, 0.05) is 32.1 Å². The van der Waals surface area contributed by atoms with Crippen LogP contribution in [0.1, 0.15) is 30.9 Å². The van der Waals surface area contributed by atoms with E-state index in [0.717, 1.165) is 12.0 Å². The number of nitrogens with zero attached hydrogens (tertiary/aromatic N) is 1. The van der Waals surface area contributed by atoms with Gasteiger partial charge in [-0.15, -0.1) is 0 Å². The molecule has 0 bridgehead atoms. The molecule has 5 N–H and O–H groups in total. The first kappa shape index (κ1) is 29.7. The van der Waals surface area contributed by atoms with Crippen LogP contribution >= 0.6 is 0 Å². The van der Waals surface area contributed by atoms with Crippen molar-refractivity contribution in [2.24, 2.45) is 0 Å². The fourth-order valence-electron chi connectivity index (χ4n) is 4.34. The summed E-state index contributed by atoms with van der Waals surface area (Å²) in [6, 6.07) is 11.1. The quantitative estimate of drug-likeness (QED) is 0.386. The summed E-state index contributed by atoms with van der Waals surface area (Å²) in [7, 11) is 1.47. The lowest BCUT2D eigenvalue weighted by Crippen LogP contribution is -2.58. The number of carbonyl (C=O) groups excluding carboxylic acids is 3. The van der Waals surface area contributed by atoms with Crippen molar-refractivity contribution in [3.63, 3.8) is 0 Å². The molecule has 2 aromatic carbocycles. The molecule has 0 spiro atoms. The highest BCUT2D eigenvalue weighted by molar-refractivity contribution is 5.93. The molecule has 3 atom stereocenters. The molecule has 3 rings (SSSR count). The number of fused-ring (bicyclic) bond motifs is 1. The minimum Gasteiger partial charge on any atom is -0.508 e. The van der Waals surface area contributed by atoms with Gasteiger partial charge in [-0.05, 0) is 30.2 Å². The molecule has 39 heavy (non-hydrogen) atoms. The van der Waals surface area contributed by atoms with Crippen molar-refractivity contribution >= 4 is 23.8 Å². The second kappa shape index (κ2) is 14.9. The molecule has 0 aliphatic carbocycles. The molecule has 0 saturated carbocycles. The minimum absolute atomic E-state index is 0.0852. The van der Waals surface area contributed by atoms with Crippen LogP contribution in [-0.4, -0.2) is 84.3 Å². The maximum Gasteiger partial charge on any atom is 0.245 e. The highest BCUT2D eigenvalue weighted by atomic mass is 16.5. The average Bonchev–Trinajstić information content (AvgIpc) is 2.93. The predicted octanol–water partition coefficient (Wildman–Crippen LogP) is 1.22. The van der Waals surface area contributed by atoms with Crippen molar-refractivity contribution in [2.75, 3.05) is 33.4 Å². The van der Waals surface area contributed by atoms with Crippen molar-refractivity contribution in [1.82, 2.24) is 20.9 Å². The normalized spacial score (nSPS) is 22.5. The molecule has 0 fully saturated rings. The highest BCUT2D eigenvalue weighted by Gasteiger charge is 2.32. The topological polar surface area (TPSA) is 140 Å². The van der Waals surface area contributed by atoms with Crippen LogP contribution in [0.25, 0.3) is 6.08 Å². The number of nitrogens with one attached hydrogen (secondary N) is 3. The number of aliphatic hydroxyl groups is 1. The van der Waals surface area contributed by atoms with Gasteiger partial charge >= 0.3 is 0 Å². The second-order valence-corrected chi connectivity index (χ2v) is 9.41. The Balaban J connectivity index is 1.90. The maximum absolute atomic E-state index is 13.3.